The molecule has 3 rings (SSSR count). The zero-order valence-corrected chi connectivity index (χ0v) is 20.8. The lowest BCUT2D eigenvalue weighted by molar-refractivity contribution is -0.129. The number of ether oxygens (including phenoxy) is 1. The Hall–Kier alpha value is -2.62. The molecule has 0 bridgehead atoms. The predicted molar refractivity (Wildman–Crippen MR) is 133 cm³/mol. The molecule has 1 unspecified atom stereocenters. The fraction of sp³-hybridized carbons (Fsp3) is 0.600. The van der Waals surface area contributed by atoms with Crippen molar-refractivity contribution in [2.24, 2.45) is 0 Å². The van der Waals surface area contributed by atoms with Gasteiger partial charge in [0, 0.05) is 50.0 Å². The molecule has 9 nitrogen and oxygen atoms in total. The van der Waals surface area contributed by atoms with Crippen LogP contribution in [-0.2, 0) is 4.79 Å². The molecule has 3 N–H and O–H groups in total. The molecule has 0 saturated carbocycles. The number of anilines is 1. The largest absolute Gasteiger partial charge is 0.496 e. The average Bonchev–Trinajstić information content (AvgIpc) is 3.34. The molecule has 1 aliphatic rings. The first-order valence-corrected chi connectivity index (χ1v) is 12.1. The van der Waals surface area contributed by atoms with Gasteiger partial charge in [0.1, 0.15) is 5.75 Å². The number of carbonyl (C=O) groups is 1. The third kappa shape index (κ3) is 7.44. The minimum atomic E-state index is -1.39. The number of carbonyl (C=O) groups excluding carboxylic acids is 1. The van der Waals surface area contributed by atoms with Crippen molar-refractivity contribution in [2.75, 3.05) is 51.7 Å². The first kappa shape index (κ1) is 26.0. The molecule has 0 radical (unpaired) electrons. The lowest BCUT2D eigenvalue weighted by Gasteiger charge is -2.39. The highest BCUT2D eigenvalue weighted by Crippen LogP contribution is 2.32. The molecular formula is C25H39N5O4. The zero-order valence-electron chi connectivity index (χ0n) is 20.8. The van der Waals surface area contributed by atoms with Crippen molar-refractivity contribution in [1.29, 1.82) is 0 Å². The molecule has 1 fully saturated rings. The molecular weight excluding hydrogens is 434 g/mol. The summed E-state index contributed by atoms with van der Waals surface area (Å²) in [6.45, 7) is 12.2. The van der Waals surface area contributed by atoms with E-state index in [-0.39, 0.29) is 0 Å². The molecule has 0 aliphatic carbocycles. The maximum absolute atomic E-state index is 12.7. The Kier molecular flexibility index (Phi) is 9.32. The van der Waals surface area contributed by atoms with Crippen LogP contribution >= 0.6 is 0 Å². The number of amides is 1. The van der Waals surface area contributed by atoms with Crippen LogP contribution < -0.4 is 15.4 Å². The summed E-state index contributed by atoms with van der Waals surface area (Å²) in [5, 5.41) is 16.3. The van der Waals surface area contributed by atoms with Crippen LogP contribution in [0.4, 0.5) is 5.69 Å². The minimum absolute atomic E-state index is 0.471. The Morgan fingerprint density at radius 3 is 2.62 bits per heavy atom. The van der Waals surface area contributed by atoms with Gasteiger partial charge in [-0.15, -0.1) is 0 Å². The van der Waals surface area contributed by atoms with Gasteiger partial charge in [-0.05, 0) is 38.9 Å². The van der Waals surface area contributed by atoms with Crippen molar-refractivity contribution in [3.63, 3.8) is 0 Å². The van der Waals surface area contributed by atoms with Crippen LogP contribution in [0.2, 0.25) is 0 Å². The fourth-order valence-electron chi connectivity index (χ4n) is 4.31. The number of unbranched alkanes of at least 4 members (excludes halogenated alkanes) is 2. The second-order valence-electron chi connectivity index (χ2n) is 9.53. The maximum atomic E-state index is 12.7. The number of oxazole rings is 1. The van der Waals surface area contributed by atoms with Crippen LogP contribution in [0.1, 0.15) is 40.0 Å². The summed E-state index contributed by atoms with van der Waals surface area (Å²) >= 11 is 0. The van der Waals surface area contributed by atoms with Gasteiger partial charge < -0.3 is 29.8 Å². The molecule has 0 spiro atoms. The second kappa shape index (κ2) is 12.2. The number of methoxy groups -OCH3 is 1. The number of nitrogens with one attached hydrogen (secondary N) is 2. The van der Waals surface area contributed by atoms with Crippen molar-refractivity contribution in [3.8, 4) is 17.1 Å². The molecule has 2 aromatic rings. The second-order valence-corrected chi connectivity index (χ2v) is 9.53. The third-order valence-electron chi connectivity index (χ3n) is 6.07. The van der Waals surface area contributed by atoms with Crippen LogP contribution in [-0.4, -0.2) is 83.9 Å². The Morgan fingerprint density at radius 2 is 1.97 bits per heavy atom. The Morgan fingerprint density at radius 1 is 1.24 bits per heavy atom. The maximum Gasteiger partial charge on any atom is 0.270 e. The molecule has 1 saturated heterocycles. The van der Waals surface area contributed by atoms with Gasteiger partial charge in [0.2, 0.25) is 6.23 Å². The lowest BCUT2D eigenvalue weighted by atomic mass is 10.0. The van der Waals surface area contributed by atoms with Gasteiger partial charge in [-0.3, -0.25) is 9.69 Å². The summed E-state index contributed by atoms with van der Waals surface area (Å²) in [5.41, 5.74) is 0.814. The summed E-state index contributed by atoms with van der Waals surface area (Å²) in [6, 6.07) is 5.25. The smallest absolute Gasteiger partial charge is 0.270 e. The molecule has 34 heavy (non-hydrogen) atoms. The number of benzene rings is 1. The highest BCUT2D eigenvalue weighted by atomic mass is 16.5. The molecule has 2 heterocycles. The number of piperazine rings is 1. The van der Waals surface area contributed by atoms with E-state index in [2.05, 4.69) is 32.3 Å². The van der Waals surface area contributed by atoms with E-state index in [1.54, 1.807) is 31.5 Å². The van der Waals surface area contributed by atoms with E-state index in [0.29, 0.717) is 17.2 Å². The molecule has 188 valence electrons. The Labute approximate surface area is 202 Å². The molecule has 1 atom stereocenters. The molecule has 1 aromatic heterocycles. The van der Waals surface area contributed by atoms with Gasteiger partial charge in [-0.1, -0.05) is 19.8 Å². The number of hydrogen-bond acceptors (Lipinski definition) is 8. The van der Waals surface area contributed by atoms with Gasteiger partial charge in [0.15, 0.2) is 12.2 Å². The average molecular weight is 474 g/mol. The van der Waals surface area contributed by atoms with Gasteiger partial charge in [-0.25, -0.2) is 4.98 Å². The number of aliphatic hydroxyl groups excluding tert-OH is 1. The van der Waals surface area contributed by atoms with E-state index >= 15 is 0 Å². The summed E-state index contributed by atoms with van der Waals surface area (Å²) in [7, 11) is 1.55. The van der Waals surface area contributed by atoms with Gasteiger partial charge >= 0.3 is 0 Å². The molecule has 1 aliphatic heterocycles. The van der Waals surface area contributed by atoms with Gasteiger partial charge in [-0.2, -0.15) is 0 Å². The first-order chi connectivity index (χ1) is 16.3. The van der Waals surface area contributed by atoms with Crippen molar-refractivity contribution >= 4 is 11.6 Å². The number of aromatic nitrogens is 1. The Balaban J connectivity index is 1.49. The van der Waals surface area contributed by atoms with Crippen LogP contribution in [0.5, 0.6) is 5.75 Å². The van der Waals surface area contributed by atoms with Crippen LogP contribution in [0.25, 0.3) is 11.3 Å². The topological polar surface area (TPSA) is 103 Å². The quantitative estimate of drug-likeness (QED) is 0.319. The van der Waals surface area contributed by atoms with Crippen molar-refractivity contribution < 1.29 is 19.1 Å². The summed E-state index contributed by atoms with van der Waals surface area (Å²) in [4.78, 5) is 21.5. The zero-order chi connectivity index (χ0) is 24.6. The number of rotatable bonds is 12. The highest BCUT2D eigenvalue weighted by Gasteiger charge is 2.28. The van der Waals surface area contributed by atoms with Gasteiger partial charge in [0.25, 0.3) is 5.91 Å². The van der Waals surface area contributed by atoms with E-state index in [9.17, 15) is 9.90 Å². The van der Waals surface area contributed by atoms with E-state index in [0.717, 1.165) is 38.3 Å². The van der Waals surface area contributed by atoms with Crippen LogP contribution in [0.15, 0.2) is 35.2 Å². The monoisotopic (exact) mass is 473 g/mol. The lowest BCUT2D eigenvalue weighted by Crippen LogP contribution is -2.58. The number of nitrogens with zero attached hydrogens (tertiary/aromatic N) is 3. The van der Waals surface area contributed by atoms with Crippen LogP contribution in [0, 0.1) is 0 Å². The van der Waals surface area contributed by atoms with E-state index in [1.807, 2.05) is 13.8 Å². The predicted octanol–water partition coefficient (Wildman–Crippen LogP) is 2.78. The molecule has 1 aromatic carbocycles. The van der Waals surface area contributed by atoms with Crippen LogP contribution in [0.3, 0.4) is 0 Å². The van der Waals surface area contributed by atoms with Crippen molar-refractivity contribution in [3.05, 3.63) is 30.8 Å². The van der Waals surface area contributed by atoms with Crippen molar-refractivity contribution in [2.45, 2.75) is 51.8 Å². The molecule has 1 amide bonds. The highest BCUT2D eigenvalue weighted by molar-refractivity contribution is 5.84. The minimum Gasteiger partial charge on any atom is -0.496 e. The van der Waals surface area contributed by atoms with E-state index in [1.165, 1.54) is 32.2 Å². The van der Waals surface area contributed by atoms with Crippen molar-refractivity contribution in [1.82, 2.24) is 20.1 Å². The molecule has 9 heteroatoms. The number of aliphatic hydroxyl groups is 1. The van der Waals surface area contributed by atoms with E-state index < -0.39 is 17.7 Å². The fourth-order valence-corrected chi connectivity index (χ4v) is 4.31. The third-order valence-corrected chi connectivity index (χ3v) is 6.07. The first-order valence-electron chi connectivity index (χ1n) is 12.1. The van der Waals surface area contributed by atoms with Gasteiger partial charge in [0.05, 0.1) is 18.9 Å². The summed E-state index contributed by atoms with van der Waals surface area (Å²) in [5.74, 6) is 0.648. The normalized spacial score (nSPS) is 16.3. The summed E-state index contributed by atoms with van der Waals surface area (Å²) in [6.07, 6.45) is 5.35. The Bertz CT molecular complexity index is 895. The SMILES string of the molecule is CCCCCN1CCN(CC(C)(C)NC(=O)C(O)Nc2ccc(-c3cnco3)c(OC)c2)CC1. The standard InChI is InChI=1S/C25H39N5O4/c1-5-6-7-10-29-11-13-30(14-12-29)17-25(2,3)28-24(32)23(31)27-19-8-9-20(21(15-19)33-4)22-16-26-18-34-22/h8-9,15-16,18,23,27,31H,5-7,10-14,17H2,1-4H3,(H,28,32). The van der Waals surface area contributed by atoms with E-state index in [4.69, 9.17) is 9.15 Å². The summed E-state index contributed by atoms with van der Waals surface area (Å²) < 4.78 is 10.8. The number of hydrogen-bond donors (Lipinski definition) is 3.